The van der Waals surface area contributed by atoms with Gasteiger partial charge in [0.25, 0.3) is 0 Å². The second-order valence-electron chi connectivity index (χ2n) is 3.77. The number of anilines is 1. The van der Waals surface area contributed by atoms with Crippen LogP contribution in [0.25, 0.3) is 0 Å². The Morgan fingerprint density at radius 2 is 2.21 bits per heavy atom. The van der Waals surface area contributed by atoms with E-state index in [1.54, 1.807) is 0 Å². The summed E-state index contributed by atoms with van der Waals surface area (Å²) >= 11 is 2.88. The fourth-order valence-electron chi connectivity index (χ4n) is 1.39. The Balaban J connectivity index is 3.13. The number of hydrogen-bond donors (Lipinski definition) is 3. The molecule has 0 spiro atoms. The van der Waals surface area contributed by atoms with Crippen molar-refractivity contribution in [3.05, 3.63) is 22.4 Å². The second kappa shape index (κ2) is 6.62. The quantitative estimate of drug-likeness (QED) is 0.642. The number of rotatable bonds is 6. The van der Waals surface area contributed by atoms with E-state index in [0.717, 1.165) is 6.07 Å². The van der Waals surface area contributed by atoms with Crippen LogP contribution in [0.4, 0.5) is 10.1 Å². The normalized spacial score (nSPS) is 13.5. The standard InChI is InChI=1S/C10H14BrFN2O4S/c1-18-5-7(4-15)14-19(16,17)9-3-6(13)2-8(11)10(9)12/h2-3,7,14-15H,4-5,13H2,1H3. The molecule has 0 radical (unpaired) electrons. The highest BCUT2D eigenvalue weighted by Crippen LogP contribution is 2.26. The molecule has 0 saturated carbocycles. The predicted molar refractivity (Wildman–Crippen MR) is 71.6 cm³/mol. The van der Waals surface area contributed by atoms with Crippen LogP contribution in [0, 0.1) is 5.82 Å². The second-order valence-corrected chi connectivity index (χ2v) is 6.31. The van der Waals surface area contributed by atoms with Crippen LogP contribution in [-0.2, 0) is 14.8 Å². The summed E-state index contributed by atoms with van der Waals surface area (Å²) < 4.78 is 44.6. The number of halogens is 2. The molecule has 0 heterocycles. The molecule has 4 N–H and O–H groups in total. The first-order chi connectivity index (χ1) is 8.81. The Morgan fingerprint density at radius 1 is 1.58 bits per heavy atom. The molecule has 6 nitrogen and oxygen atoms in total. The summed E-state index contributed by atoms with van der Waals surface area (Å²) in [6, 6.07) is 1.39. The highest BCUT2D eigenvalue weighted by Gasteiger charge is 2.24. The molecule has 0 aliphatic heterocycles. The SMILES string of the molecule is COCC(CO)NS(=O)(=O)c1cc(N)cc(Br)c1F. The van der Waals surface area contributed by atoms with Crippen molar-refractivity contribution in [1.29, 1.82) is 0 Å². The summed E-state index contributed by atoms with van der Waals surface area (Å²) in [6.45, 7) is -0.515. The third-order valence-electron chi connectivity index (χ3n) is 2.22. The smallest absolute Gasteiger partial charge is 0.244 e. The number of hydrogen-bond acceptors (Lipinski definition) is 5. The summed E-state index contributed by atoms with van der Waals surface area (Å²) in [5.74, 6) is -0.948. The third-order valence-corrected chi connectivity index (χ3v) is 4.31. The fraction of sp³-hybridized carbons (Fsp3) is 0.400. The number of aliphatic hydroxyl groups is 1. The van der Waals surface area contributed by atoms with Gasteiger partial charge in [-0.3, -0.25) is 0 Å². The molecule has 9 heteroatoms. The van der Waals surface area contributed by atoms with Crippen LogP contribution >= 0.6 is 15.9 Å². The monoisotopic (exact) mass is 356 g/mol. The Bertz CT molecular complexity index is 553. The lowest BCUT2D eigenvalue weighted by Gasteiger charge is -2.16. The molecule has 1 aromatic carbocycles. The topological polar surface area (TPSA) is 102 Å². The van der Waals surface area contributed by atoms with Crippen molar-refractivity contribution in [2.45, 2.75) is 10.9 Å². The van der Waals surface area contributed by atoms with Gasteiger partial charge in [0.15, 0.2) is 5.82 Å². The van der Waals surface area contributed by atoms with Gasteiger partial charge in [-0.15, -0.1) is 0 Å². The van der Waals surface area contributed by atoms with Crippen LogP contribution < -0.4 is 10.5 Å². The van der Waals surface area contributed by atoms with Crippen LogP contribution in [0.2, 0.25) is 0 Å². The maximum atomic E-state index is 13.8. The van der Waals surface area contributed by atoms with E-state index in [-0.39, 0.29) is 16.8 Å². The largest absolute Gasteiger partial charge is 0.399 e. The van der Waals surface area contributed by atoms with Crippen molar-refractivity contribution in [2.75, 3.05) is 26.1 Å². The molecule has 1 atom stereocenters. The van der Waals surface area contributed by atoms with Crippen molar-refractivity contribution < 1.29 is 22.7 Å². The first-order valence-corrected chi connectivity index (χ1v) is 7.46. The zero-order valence-electron chi connectivity index (χ0n) is 10.1. The lowest BCUT2D eigenvalue weighted by atomic mass is 10.3. The van der Waals surface area contributed by atoms with E-state index in [0.29, 0.717) is 0 Å². The van der Waals surface area contributed by atoms with Crippen molar-refractivity contribution >= 4 is 31.6 Å². The van der Waals surface area contributed by atoms with Crippen LogP contribution in [0.3, 0.4) is 0 Å². The van der Waals surface area contributed by atoms with Gasteiger partial charge in [-0.1, -0.05) is 0 Å². The summed E-state index contributed by atoms with van der Waals surface area (Å²) in [5.41, 5.74) is 5.58. The van der Waals surface area contributed by atoms with Crippen molar-refractivity contribution in [1.82, 2.24) is 4.72 Å². The maximum Gasteiger partial charge on any atom is 0.244 e. The third kappa shape index (κ3) is 4.11. The van der Waals surface area contributed by atoms with Crippen molar-refractivity contribution in [2.24, 2.45) is 0 Å². The van der Waals surface area contributed by atoms with E-state index in [1.807, 2.05) is 0 Å². The Kier molecular flexibility index (Phi) is 5.68. The maximum absolute atomic E-state index is 13.8. The number of ether oxygens (including phenoxy) is 1. The molecule has 1 unspecified atom stereocenters. The molecule has 19 heavy (non-hydrogen) atoms. The van der Waals surface area contributed by atoms with Gasteiger partial charge >= 0.3 is 0 Å². The van der Waals surface area contributed by atoms with E-state index in [4.69, 9.17) is 15.6 Å². The molecule has 108 valence electrons. The number of nitrogens with two attached hydrogens (primary N) is 1. The predicted octanol–water partition coefficient (Wildman–Crippen LogP) is 0.456. The highest BCUT2D eigenvalue weighted by atomic mass is 79.9. The Hall–Kier alpha value is -0.740. The van der Waals surface area contributed by atoms with E-state index in [2.05, 4.69) is 20.7 Å². The van der Waals surface area contributed by atoms with Gasteiger partial charge in [-0.05, 0) is 28.1 Å². The molecule has 1 aromatic rings. The summed E-state index contributed by atoms with van der Waals surface area (Å²) in [6.07, 6.45) is 0. The zero-order chi connectivity index (χ0) is 14.6. The summed E-state index contributed by atoms with van der Waals surface area (Å²) in [7, 11) is -2.79. The van der Waals surface area contributed by atoms with E-state index < -0.39 is 33.4 Å². The average molecular weight is 357 g/mol. The first-order valence-electron chi connectivity index (χ1n) is 5.18. The molecule has 0 aromatic heterocycles. The van der Waals surface area contributed by atoms with Crippen molar-refractivity contribution in [3.8, 4) is 0 Å². The molecule has 0 aliphatic rings. The highest BCUT2D eigenvalue weighted by molar-refractivity contribution is 9.10. The van der Waals surface area contributed by atoms with Gasteiger partial charge in [0.05, 0.1) is 23.7 Å². The molecule has 1 rings (SSSR count). The number of nitrogens with one attached hydrogen (secondary N) is 1. The minimum Gasteiger partial charge on any atom is -0.399 e. The zero-order valence-corrected chi connectivity index (χ0v) is 12.5. The van der Waals surface area contributed by atoms with Crippen LogP contribution in [0.15, 0.2) is 21.5 Å². The van der Waals surface area contributed by atoms with Crippen LogP contribution in [-0.4, -0.2) is 39.9 Å². The number of sulfonamides is 1. The number of nitrogen functional groups attached to an aromatic ring is 1. The van der Waals surface area contributed by atoms with Crippen molar-refractivity contribution in [3.63, 3.8) is 0 Å². The fourth-order valence-corrected chi connectivity index (χ4v) is 3.34. The lowest BCUT2D eigenvalue weighted by Crippen LogP contribution is -2.40. The van der Waals surface area contributed by atoms with E-state index in [1.165, 1.54) is 13.2 Å². The molecule has 0 bridgehead atoms. The minimum atomic E-state index is -4.14. The lowest BCUT2D eigenvalue weighted by molar-refractivity contribution is 0.139. The minimum absolute atomic E-state index is 0.0408. The van der Waals surface area contributed by atoms with Gasteiger partial charge in [0.2, 0.25) is 10.0 Å². The van der Waals surface area contributed by atoms with Gasteiger partial charge < -0.3 is 15.6 Å². The Labute approximate surface area is 118 Å². The molecular weight excluding hydrogens is 343 g/mol. The average Bonchev–Trinajstić information content (AvgIpc) is 2.32. The summed E-state index contributed by atoms with van der Waals surface area (Å²) in [5, 5.41) is 9.01. The van der Waals surface area contributed by atoms with E-state index >= 15 is 0 Å². The first kappa shape index (κ1) is 16.3. The van der Waals surface area contributed by atoms with Gasteiger partial charge in [-0.2, -0.15) is 0 Å². The van der Waals surface area contributed by atoms with Crippen LogP contribution in [0.1, 0.15) is 0 Å². The van der Waals surface area contributed by atoms with Gasteiger partial charge in [0, 0.05) is 12.8 Å². The number of benzene rings is 1. The molecule has 0 amide bonds. The van der Waals surface area contributed by atoms with Crippen LogP contribution in [0.5, 0.6) is 0 Å². The number of aliphatic hydroxyl groups excluding tert-OH is 1. The molecule has 0 fully saturated rings. The summed E-state index contributed by atoms with van der Waals surface area (Å²) in [4.78, 5) is -0.589. The van der Waals surface area contributed by atoms with Gasteiger partial charge in [-0.25, -0.2) is 17.5 Å². The number of methoxy groups -OCH3 is 1. The van der Waals surface area contributed by atoms with Gasteiger partial charge in [0.1, 0.15) is 4.90 Å². The molecule has 0 saturated heterocycles. The van der Waals surface area contributed by atoms with E-state index in [9.17, 15) is 12.8 Å². The Morgan fingerprint density at radius 3 is 2.74 bits per heavy atom. The molecular formula is C10H14BrFN2O4S. The molecule has 0 aliphatic carbocycles.